The standard InChI is InChI=1S/2C3H8O3S.Mg/c2*1-3(2)6-7(4)5;/h2*3H,1-2H3,(H,4,5);/q;;+2/p-2. The maximum Gasteiger partial charge on any atom is 2.00 e. The van der Waals surface area contributed by atoms with E-state index < -0.39 is 22.7 Å². The van der Waals surface area contributed by atoms with Gasteiger partial charge in [-0.3, -0.25) is 8.37 Å². The fourth-order valence-corrected chi connectivity index (χ4v) is 0.943. The van der Waals surface area contributed by atoms with E-state index in [-0.39, 0.29) is 35.3 Å². The Labute approximate surface area is 111 Å². The van der Waals surface area contributed by atoms with E-state index in [1.165, 1.54) is 0 Å². The van der Waals surface area contributed by atoms with Gasteiger partial charge in [-0.15, -0.1) is 0 Å². The predicted molar refractivity (Wildman–Crippen MR) is 56.0 cm³/mol. The van der Waals surface area contributed by atoms with Gasteiger partial charge in [-0.2, -0.15) is 0 Å². The fourth-order valence-electron chi connectivity index (χ4n) is 0.314. The SMILES string of the molecule is CC(C)OS(=O)[O-].CC(C)OS(=O)[O-].[Mg+2]. The van der Waals surface area contributed by atoms with E-state index in [0.29, 0.717) is 0 Å². The first-order chi connectivity index (χ1) is 6.25. The van der Waals surface area contributed by atoms with Gasteiger partial charge in [-0.05, 0) is 27.7 Å². The zero-order chi connectivity index (χ0) is 11.7. The Morgan fingerprint density at radius 3 is 1.07 bits per heavy atom. The largest absolute Gasteiger partial charge is 2.00 e. The molecule has 2 unspecified atom stereocenters. The van der Waals surface area contributed by atoms with Crippen LogP contribution in [-0.2, 0) is 31.1 Å². The quantitative estimate of drug-likeness (QED) is 0.528. The zero-order valence-corrected chi connectivity index (χ0v) is 12.2. The Hall–Kier alpha value is 0.906. The van der Waals surface area contributed by atoms with Crippen LogP contribution in [0, 0.1) is 0 Å². The number of rotatable bonds is 4. The van der Waals surface area contributed by atoms with E-state index in [1.807, 2.05) is 0 Å². The third-order valence-electron chi connectivity index (χ3n) is 0.542. The molecule has 0 amide bonds. The average Bonchev–Trinajstić information content (AvgIpc) is 1.79. The van der Waals surface area contributed by atoms with Gasteiger partial charge in [0.2, 0.25) is 0 Å². The van der Waals surface area contributed by atoms with Crippen LogP contribution in [0.5, 0.6) is 0 Å². The molecule has 0 aliphatic heterocycles. The van der Waals surface area contributed by atoms with Crippen LogP contribution in [0.2, 0.25) is 0 Å². The molecule has 0 aromatic rings. The summed E-state index contributed by atoms with van der Waals surface area (Å²) in [5, 5.41) is 0. The summed E-state index contributed by atoms with van der Waals surface area (Å²) in [7, 11) is 0. The molecule has 0 heterocycles. The van der Waals surface area contributed by atoms with Gasteiger partial charge in [0.05, 0.1) is 34.9 Å². The first-order valence-electron chi connectivity index (χ1n) is 3.78. The predicted octanol–water partition coefficient (Wildman–Crippen LogP) is 0.0302. The summed E-state index contributed by atoms with van der Waals surface area (Å²) in [6.07, 6.45) is -0.475. The third kappa shape index (κ3) is 31.3. The van der Waals surface area contributed by atoms with Gasteiger partial charge >= 0.3 is 23.1 Å². The Morgan fingerprint density at radius 2 is 1.07 bits per heavy atom. The molecule has 0 bridgehead atoms. The van der Waals surface area contributed by atoms with Gasteiger partial charge in [0.1, 0.15) is 0 Å². The van der Waals surface area contributed by atoms with Crippen LogP contribution in [0.25, 0.3) is 0 Å². The summed E-state index contributed by atoms with van der Waals surface area (Å²) in [5.41, 5.74) is 0. The molecule has 9 heteroatoms. The van der Waals surface area contributed by atoms with Crippen molar-refractivity contribution < 1.29 is 25.9 Å². The van der Waals surface area contributed by atoms with Crippen molar-refractivity contribution in [2.75, 3.05) is 0 Å². The second-order valence-electron chi connectivity index (χ2n) is 2.70. The molecule has 6 nitrogen and oxygen atoms in total. The molecule has 2 atom stereocenters. The Morgan fingerprint density at radius 1 is 0.867 bits per heavy atom. The van der Waals surface area contributed by atoms with Crippen molar-refractivity contribution in [3.63, 3.8) is 0 Å². The first-order valence-corrected chi connectivity index (χ1v) is 5.78. The van der Waals surface area contributed by atoms with Crippen LogP contribution in [0.4, 0.5) is 0 Å². The van der Waals surface area contributed by atoms with Crippen molar-refractivity contribution in [3.8, 4) is 0 Å². The van der Waals surface area contributed by atoms with Crippen LogP contribution >= 0.6 is 0 Å². The Kier molecular flexibility index (Phi) is 18.4. The van der Waals surface area contributed by atoms with Crippen LogP contribution in [0.3, 0.4) is 0 Å². The van der Waals surface area contributed by atoms with Gasteiger partial charge in [-0.25, -0.2) is 8.42 Å². The molecule has 0 aliphatic carbocycles. The zero-order valence-electron chi connectivity index (χ0n) is 9.13. The van der Waals surface area contributed by atoms with E-state index in [1.54, 1.807) is 27.7 Å². The van der Waals surface area contributed by atoms with Gasteiger partial charge in [0.15, 0.2) is 0 Å². The molecule has 88 valence electrons. The van der Waals surface area contributed by atoms with Gasteiger partial charge in [0, 0.05) is 0 Å². The van der Waals surface area contributed by atoms with Crippen LogP contribution in [0.15, 0.2) is 0 Å². The second-order valence-corrected chi connectivity index (χ2v) is 3.90. The maximum atomic E-state index is 9.59. The average molecular weight is 271 g/mol. The third-order valence-corrected chi connectivity index (χ3v) is 1.63. The molecular formula is C6H14MgO6S2. The van der Waals surface area contributed by atoms with Crippen LogP contribution in [0.1, 0.15) is 27.7 Å². The molecule has 0 aromatic carbocycles. The first kappa shape index (κ1) is 21.2. The topological polar surface area (TPSA) is 98.7 Å². The van der Waals surface area contributed by atoms with E-state index >= 15 is 0 Å². The fraction of sp³-hybridized carbons (Fsp3) is 1.00. The van der Waals surface area contributed by atoms with E-state index in [9.17, 15) is 17.5 Å². The van der Waals surface area contributed by atoms with Crippen LogP contribution in [-0.4, -0.2) is 52.8 Å². The van der Waals surface area contributed by atoms with Crippen molar-refractivity contribution in [2.24, 2.45) is 0 Å². The van der Waals surface area contributed by atoms with E-state index in [0.717, 1.165) is 0 Å². The maximum absolute atomic E-state index is 9.59. The summed E-state index contributed by atoms with van der Waals surface area (Å²) in [4.78, 5) is 0. The minimum Gasteiger partial charge on any atom is -0.750 e. The van der Waals surface area contributed by atoms with Crippen molar-refractivity contribution in [2.45, 2.75) is 39.9 Å². The molecule has 0 aliphatic rings. The summed E-state index contributed by atoms with van der Waals surface area (Å²) >= 11 is -4.69. The minimum absolute atomic E-state index is 0. The summed E-state index contributed by atoms with van der Waals surface area (Å²) in [6.45, 7) is 6.59. The second kappa shape index (κ2) is 13.0. The molecule has 0 fully saturated rings. The molecular weight excluding hydrogens is 256 g/mol. The van der Waals surface area contributed by atoms with Gasteiger partial charge in [0.25, 0.3) is 0 Å². The summed E-state index contributed by atoms with van der Waals surface area (Å²) in [5.74, 6) is 0. The van der Waals surface area contributed by atoms with Crippen LogP contribution < -0.4 is 0 Å². The normalized spacial score (nSPS) is 13.9. The van der Waals surface area contributed by atoms with Crippen molar-refractivity contribution in [3.05, 3.63) is 0 Å². The van der Waals surface area contributed by atoms with Gasteiger partial charge in [-0.1, -0.05) is 0 Å². The summed E-state index contributed by atoms with van der Waals surface area (Å²) < 4.78 is 46.7. The monoisotopic (exact) mass is 270 g/mol. The molecule has 15 heavy (non-hydrogen) atoms. The molecule has 0 N–H and O–H groups in total. The molecule has 0 aromatic heterocycles. The summed E-state index contributed by atoms with van der Waals surface area (Å²) in [6, 6.07) is 0. The van der Waals surface area contributed by atoms with Gasteiger partial charge < -0.3 is 9.11 Å². The Balaban J connectivity index is -0.000000180. The molecule has 0 saturated carbocycles. The minimum atomic E-state index is -2.35. The molecule has 0 spiro atoms. The smallest absolute Gasteiger partial charge is 0.750 e. The Bertz CT molecular complexity index is 166. The molecule has 0 radical (unpaired) electrons. The van der Waals surface area contributed by atoms with Crippen molar-refractivity contribution >= 4 is 45.8 Å². The molecule has 0 saturated heterocycles. The van der Waals surface area contributed by atoms with E-state index in [4.69, 9.17) is 0 Å². The van der Waals surface area contributed by atoms with E-state index in [2.05, 4.69) is 8.37 Å². The van der Waals surface area contributed by atoms with Crippen molar-refractivity contribution in [1.82, 2.24) is 0 Å². The van der Waals surface area contributed by atoms with Crippen molar-refractivity contribution in [1.29, 1.82) is 0 Å². The molecule has 0 rings (SSSR count). The number of hydrogen-bond donors (Lipinski definition) is 0. The number of hydrogen-bond acceptors (Lipinski definition) is 6.